The first-order chi connectivity index (χ1) is 11.1. The first-order valence-electron chi connectivity index (χ1n) is 7.31. The number of nitrogen functional groups attached to an aromatic ring is 1. The van der Waals surface area contributed by atoms with E-state index in [4.69, 9.17) is 15.6 Å². The molecule has 3 heterocycles. The summed E-state index contributed by atoms with van der Waals surface area (Å²) in [5.41, 5.74) is 7.32. The number of likely N-dealkylation sites (tertiary alicyclic amines) is 1. The van der Waals surface area contributed by atoms with Crippen molar-refractivity contribution in [3.05, 3.63) is 30.7 Å². The van der Waals surface area contributed by atoms with Gasteiger partial charge in [-0.1, -0.05) is 0 Å². The van der Waals surface area contributed by atoms with E-state index in [1.165, 1.54) is 4.90 Å². The Morgan fingerprint density at radius 2 is 2.17 bits per heavy atom. The summed E-state index contributed by atoms with van der Waals surface area (Å²) in [4.78, 5) is 24.9. The molecule has 1 aliphatic rings. The second kappa shape index (κ2) is 6.47. The third kappa shape index (κ3) is 3.47. The van der Waals surface area contributed by atoms with E-state index >= 15 is 0 Å². The number of aromatic nitrogens is 3. The molecule has 0 aromatic carbocycles. The number of piperidine rings is 1. The molecule has 0 aliphatic carbocycles. The van der Waals surface area contributed by atoms with Crippen LogP contribution in [0.3, 0.4) is 0 Å². The molecule has 2 aromatic heterocycles. The number of anilines is 1. The Hall–Kier alpha value is -2.90. The Bertz CT molecular complexity index is 695. The molecule has 3 rings (SSSR count). The number of rotatable bonds is 3. The molecule has 1 amide bonds. The van der Waals surface area contributed by atoms with Gasteiger partial charge < -0.3 is 20.5 Å². The third-order valence-electron chi connectivity index (χ3n) is 3.67. The van der Waals surface area contributed by atoms with Gasteiger partial charge in [-0.2, -0.15) is 0 Å². The highest BCUT2D eigenvalue weighted by molar-refractivity contribution is 5.65. The van der Waals surface area contributed by atoms with E-state index in [9.17, 15) is 4.79 Å². The first-order valence-corrected chi connectivity index (χ1v) is 7.31. The topological polar surface area (TPSA) is 114 Å². The van der Waals surface area contributed by atoms with Crippen LogP contribution < -0.4 is 10.5 Å². The summed E-state index contributed by atoms with van der Waals surface area (Å²) in [6.07, 6.45) is 5.19. The Morgan fingerprint density at radius 1 is 1.39 bits per heavy atom. The summed E-state index contributed by atoms with van der Waals surface area (Å²) in [6.45, 7) is 0.823. The van der Waals surface area contributed by atoms with Crippen LogP contribution in [0.5, 0.6) is 5.88 Å². The van der Waals surface area contributed by atoms with E-state index in [2.05, 4.69) is 15.0 Å². The van der Waals surface area contributed by atoms with Gasteiger partial charge in [-0.3, -0.25) is 4.98 Å². The van der Waals surface area contributed by atoms with Gasteiger partial charge in [0.2, 0.25) is 0 Å². The molecule has 1 saturated heterocycles. The van der Waals surface area contributed by atoms with Crippen molar-refractivity contribution in [3.8, 4) is 17.1 Å². The Morgan fingerprint density at radius 3 is 2.91 bits per heavy atom. The summed E-state index contributed by atoms with van der Waals surface area (Å²) < 4.78 is 5.81. The van der Waals surface area contributed by atoms with Gasteiger partial charge in [-0.05, 0) is 25.0 Å². The van der Waals surface area contributed by atoms with Gasteiger partial charge in [0.1, 0.15) is 6.10 Å². The summed E-state index contributed by atoms with van der Waals surface area (Å²) in [5.74, 6) is 0.423. The lowest BCUT2D eigenvalue weighted by Crippen LogP contribution is -2.43. The molecule has 0 radical (unpaired) electrons. The van der Waals surface area contributed by atoms with E-state index in [0.717, 1.165) is 18.4 Å². The maximum atomic E-state index is 11.1. The van der Waals surface area contributed by atoms with Crippen LogP contribution in [-0.4, -0.2) is 50.2 Å². The van der Waals surface area contributed by atoms with Crippen LogP contribution in [0, 0.1) is 0 Å². The van der Waals surface area contributed by atoms with Crippen LogP contribution in [-0.2, 0) is 0 Å². The first kappa shape index (κ1) is 15.0. The fourth-order valence-corrected chi connectivity index (χ4v) is 2.50. The Kier molecular flexibility index (Phi) is 4.22. The summed E-state index contributed by atoms with van der Waals surface area (Å²) in [5, 5.41) is 9.08. The van der Waals surface area contributed by atoms with Crippen molar-refractivity contribution in [3.63, 3.8) is 0 Å². The average Bonchev–Trinajstić information content (AvgIpc) is 2.58. The van der Waals surface area contributed by atoms with Gasteiger partial charge in [0.25, 0.3) is 5.88 Å². The van der Waals surface area contributed by atoms with Gasteiger partial charge in [0.15, 0.2) is 5.82 Å². The zero-order valence-electron chi connectivity index (χ0n) is 12.4. The molecule has 3 N–H and O–H groups in total. The monoisotopic (exact) mass is 315 g/mol. The summed E-state index contributed by atoms with van der Waals surface area (Å²) >= 11 is 0. The minimum atomic E-state index is -0.942. The standard InChI is InChI=1S/C15H17N5O3/c16-13-14(23-11-2-1-7-20(9-11)15(21)22)19-12(8-18-13)10-3-5-17-6-4-10/h3-6,8,11H,1-2,7,9H2,(H2,16,18)(H,21,22). The molecule has 1 fully saturated rings. The van der Waals surface area contributed by atoms with Gasteiger partial charge in [0.05, 0.1) is 18.4 Å². The summed E-state index contributed by atoms with van der Waals surface area (Å²) in [7, 11) is 0. The third-order valence-corrected chi connectivity index (χ3v) is 3.67. The van der Waals surface area contributed by atoms with Crippen molar-refractivity contribution in [2.45, 2.75) is 18.9 Å². The van der Waals surface area contributed by atoms with Crippen LogP contribution in [0.4, 0.5) is 10.6 Å². The predicted octanol–water partition coefficient (Wildman–Crippen LogP) is 1.64. The normalized spacial score (nSPS) is 17.7. The molecular weight excluding hydrogens is 298 g/mol. The maximum Gasteiger partial charge on any atom is 0.407 e. The quantitative estimate of drug-likeness (QED) is 0.884. The van der Waals surface area contributed by atoms with Gasteiger partial charge in [-0.15, -0.1) is 0 Å². The number of nitrogens with two attached hydrogens (primary N) is 1. The lowest BCUT2D eigenvalue weighted by molar-refractivity contribution is 0.0771. The van der Waals surface area contributed by atoms with Crippen molar-refractivity contribution in [1.82, 2.24) is 19.9 Å². The highest BCUT2D eigenvalue weighted by atomic mass is 16.5. The maximum absolute atomic E-state index is 11.1. The molecule has 23 heavy (non-hydrogen) atoms. The number of carbonyl (C=O) groups is 1. The van der Waals surface area contributed by atoms with Crippen LogP contribution in [0.25, 0.3) is 11.3 Å². The van der Waals surface area contributed by atoms with E-state index in [1.807, 2.05) is 12.1 Å². The fourth-order valence-electron chi connectivity index (χ4n) is 2.50. The number of hydrogen-bond donors (Lipinski definition) is 2. The molecule has 0 bridgehead atoms. The van der Waals surface area contributed by atoms with Crippen molar-refractivity contribution < 1.29 is 14.6 Å². The molecule has 8 nitrogen and oxygen atoms in total. The smallest absolute Gasteiger partial charge is 0.407 e. The van der Waals surface area contributed by atoms with Gasteiger partial charge in [-0.25, -0.2) is 14.8 Å². The van der Waals surface area contributed by atoms with E-state index in [-0.39, 0.29) is 17.8 Å². The van der Waals surface area contributed by atoms with E-state index in [0.29, 0.717) is 18.8 Å². The van der Waals surface area contributed by atoms with Crippen LogP contribution in [0.1, 0.15) is 12.8 Å². The fraction of sp³-hybridized carbons (Fsp3) is 0.333. The lowest BCUT2D eigenvalue weighted by atomic mass is 10.1. The molecule has 1 atom stereocenters. The number of carboxylic acid groups (broad SMARTS) is 1. The van der Waals surface area contributed by atoms with Crippen molar-refractivity contribution in [2.24, 2.45) is 0 Å². The average molecular weight is 315 g/mol. The van der Waals surface area contributed by atoms with Crippen molar-refractivity contribution >= 4 is 11.9 Å². The van der Waals surface area contributed by atoms with Crippen LogP contribution in [0.15, 0.2) is 30.7 Å². The second-order valence-corrected chi connectivity index (χ2v) is 5.29. The number of ether oxygens (including phenoxy) is 1. The lowest BCUT2D eigenvalue weighted by Gasteiger charge is -2.30. The molecule has 2 aromatic rings. The SMILES string of the molecule is Nc1ncc(-c2ccncc2)nc1OC1CCCN(C(=O)O)C1. The van der Waals surface area contributed by atoms with Gasteiger partial charge >= 0.3 is 6.09 Å². The van der Waals surface area contributed by atoms with Crippen LogP contribution >= 0.6 is 0 Å². The largest absolute Gasteiger partial charge is 0.470 e. The number of pyridine rings is 1. The van der Waals surface area contributed by atoms with Crippen molar-refractivity contribution in [1.29, 1.82) is 0 Å². The Balaban J connectivity index is 1.78. The summed E-state index contributed by atoms with van der Waals surface area (Å²) in [6, 6.07) is 3.63. The van der Waals surface area contributed by atoms with Crippen LogP contribution in [0.2, 0.25) is 0 Å². The number of nitrogens with zero attached hydrogens (tertiary/aromatic N) is 4. The Labute approximate surface area is 133 Å². The minimum Gasteiger partial charge on any atom is -0.470 e. The zero-order valence-corrected chi connectivity index (χ0v) is 12.4. The van der Waals surface area contributed by atoms with Gasteiger partial charge in [0, 0.05) is 24.5 Å². The second-order valence-electron chi connectivity index (χ2n) is 5.29. The molecule has 0 spiro atoms. The van der Waals surface area contributed by atoms with Crippen molar-refractivity contribution in [2.75, 3.05) is 18.8 Å². The molecule has 1 aliphatic heterocycles. The predicted molar refractivity (Wildman–Crippen MR) is 82.9 cm³/mol. The molecular formula is C15H17N5O3. The highest BCUT2D eigenvalue weighted by Gasteiger charge is 2.25. The highest BCUT2D eigenvalue weighted by Crippen LogP contribution is 2.25. The molecule has 120 valence electrons. The minimum absolute atomic E-state index is 0.190. The number of hydrogen-bond acceptors (Lipinski definition) is 6. The van der Waals surface area contributed by atoms with E-state index in [1.54, 1.807) is 18.6 Å². The number of amides is 1. The van der Waals surface area contributed by atoms with E-state index < -0.39 is 6.09 Å². The molecule has 1 unspecified atom stereocenters. The molecule has 8 heteroatoms. The molecule has 0 saturated carbocycles. The zero-order chi connectivity index (χ0) is 16.2.